The van der Waals surface area contributed by atoms with Crippen molar-refractivity contribution in [3.63, 3.8) is 0 Å². The molecule has 8 heteroatoms. The number of hydrogen-bond donors (Lipinski definition) is 1. The predicted molar refractivity (Wildman–Crippen MR) is 94.4 cm³/mol. The van der Waals surface area contributed by atoms with Crippen molar-refractivity contribution in [3.8, 4) is 0 Å². The normalized spacial score (nSPS) is 26.2. The Morgan fingerprint density at radius 2 is 1.96 bits per heavy atom. The number of rotatable bonds is 6. The lowest BCUT2D eigenvalue weighted by atomic mass is 9.94. The maximum atomic E-state index is 12.0. The molecule has 1 aliphatic carbocycles. The molecule has 25 heavy (non-hydrogen) atoms. The van der Waals surface area contributed by atoms with E-state index in [1.165, 1.54) is 0 Å². The maximum absolute atomic E-state index is 12.0. The zero-order chi connectivity index (χ0) is 17.9. The van der Waals surface area contributed by atoms with Crippen LogP contribution >= 0.6 is 11.6 Å². The Bertz CT molecular complexity index is 690. The van der Waals surface area contributed by atoms with Crippen LogP contribution in [0.25, 0.3) is 0 Å². The molecule has 1 N–H and O–H groups in total. The molecule has 2 unspecified atom stereocenters. The lowest BCUT2D eigenvalue weighted by molar-refractivity contribution is -0.209. The van der Waals surface area contributed by atoms with Gasteiger partial charge < -0.3 is 9.47 Å². The van der Waals surface area contributed by atoms with E-state index in [4.69, 9.17) is 25.3 Å². The van der Waals surface area contributed by atoms with Gasteiger partial charge in [0.2, 0.25) is 6.29 Å². The molecule has 1 aromatic carbocycles. The molecular formula is C17H24ClNO5S. The van der Waals surface area contributed by atoms with Gasteiger partial charge in [0.1, 0.15) is 6.10 Å². The molecule has 0 bridgehead atoms. The van der Waals surface area contributed by atoms with Crippen molar-refractivity contribution < 1.29 is 22.1 Å². The predicted octanol–water partition coefficient (Wildman–Crippen LogP) is 3.16. The summed E-state index contributed by atoms with van der Waals surface area (Å²) in [5.74, 6) is -0.753. The molecule has 2 fully saturated rings. The van der Waals surface area contributed by atoms with Crippen molar-refractivity contribution in [1.82, 2.24) is 4.72 Å². The summed E-state index contributed by atoms with van der Waals surface area (Å²) in [6.45, 7) is 1.94. The van der Waals surface area contributed by atoms with Crippen molar-refractivity contribution in [1.29, 1.82) is 0 Å². The average molecular weight is 390 g/mol. The minimum Gasteiger partial charge on any atom is -0.341 e. The molecule has 1 aromatic rings. The van der Waals surface area contributed by atoms with Crippen LogP contribution in [0, 0.1) is 0 Å². The fourth-order valence-corrected chi connectivity index (χ4v) is 4.46. The van der Waals surface area contributed by atoms with Crippen LogP contribution in [0.15, 0.2) is 24.3 Å². The van der Waals surface area contributed by atoms with Gasteiger partial charge in [-0.2, -0.15) is 13.1 Å². The summed E-state index contributed by atoms with van der Waals surface area (Å²) in [6.07, 6.45) is 3.50. The summed E-state index contributed by atoms with van der Waals surface area (Å²) < 4.78 is 43.8. The molecule has 0 amide bonds. The molecule has 2 atom stereocenters. The number of hydrogen-bond acceptors (Lipinski definition) is 5. The van der Waals surface area contributed by atoms with Crippen molar-refractivity contribution in [3.05, 3.63) is 34.9 Å². The van der Waals surface area contributed by atoms with Crippen molar-refractivity contribution >= 4 is 21.9 Å². The molecule has 0 radical (unpaired) electrons. The minimum atomic E-state index is -3.89. The summed E-state index contributed by atoms with van der Waals surface area (Å²) >= 11 is 6.24. The molecule has 1 saturated heterocycles. The first-order chi connectivity index (χ1) is 11.9. The molecule has 1 saturated carbocycles. The largest absolute Gasteiger partial charge is 0.341 e. The molecule has 3 rings (SSSR count). The average Bonchev–Trinajstić information content (AvgIpc) is 2.86. The zero-order valence-electron chi connectivity index (χ0n) is 14.2. The molecule has 140 valence electrons. The van der Waals surface area contributed by atoms with E-state index in [1.807, 2.05) is 18.2 Å². The summed E-state index contributed by atoms with van der Waals surface area (Å²) in [5, 5.41) is 0.615. The van der Waals surface area contributed by atoms with Crippen LogP contribution in [0.5, 0.6) is 0 Å². The van der Waals surface area contributed by atoms with E-state index in [9.17, 15) is 8.42 Å². The Hall–Kier alpha value is -0.700. The highest BCUT2D eigenvalue weighted by atomic mass is 35.5. The van der Waals surface area contributed by atoms with Crippen molar-refractivity contribution in [2.75, 3.05) is 6.54 Å². The Morgan fingerprint density at radius 3 is 2.64 bits per heavy atom. The van der Waals surface area contributed by atoms with Crippen LogP contribution < -0.4 is 4.72 Å². The van der Waals surface area contributed by atoms with Gasteiger partial charge in [0.15, 0.2) is 5.79 Å². The van der Waals surface area contributed by atoms with Crippen molar-refractivity contribution in [2.45, 2.75) is 63.6 Å². The molecule has 2 aliphatic rings. The second kappa shape index (κ2) is 7.90. The van der Waals surface area contributed by atoms with E-state index in [1.54, 1.807) is 13.0 Å². The molecule has 6 nitrogen and oxygen atoms in total. The molecule has 1 heterocycles. The van der Waals surface area contributed by atoms with E-state index >= 15 is 0 Å². The lowest BCUT2D eigenvalue weighted by Crippen LogP contribution is -2.36. The van der Waals surface area contributed by atoms with Crippen LogP contribution in [0.2, 0.25) is 5.02 Å². The van der Waals surface area contributed by atoms with E-state index in [-0.39, 0.29) is 6.54 Å². The molecule has 1 spiro atoms. The van der Waals surface area contributed by atoms with Gasteiger partial charge >= 0.3 is 10.3 Å². The van der Waals surface area contributed by atoms with Crippen LogP contribution in [-0.2, 0) is 30.4 Å². The SMILES string of the molecule is CCNS(=O)(=O)OC1OC2(CCCCC2)OC1Cc1ccccc1Cl. The first-order valence-corrected chi connectivity index (χ1v) is 10.5. The van der Waals surface area contributed by atoms with Gasteiger partial charge in [0.05, 0.1) is 0 Å². The fraction of sp³-hybridized carbons (Fsp3) is 0.647. The highest BCUT2D eigenvalue weighted by molar-refractivity contribution is 7.84. The highest BCUT2D eigenvalue weighted by Crippen LogP contribution is 2.42. The molecule has 1 aliphatic heterocycles. The smallest absolute Gasteiger partial charge is 0.338 e. The Balaban J connectivity index is 1.80. The van der Waals surface area contributed by atoms with Crippen LogP contribution in [0.1, 0.15) is 44.6 Å². The monoisotopic (exact) mass is 389 g/mol. The van der Waals surface area contributed by atoms with E-state index in [0.717, 1.165) is 37.7 Å². The summed E-state index contributed by atoms with van der Waals surface area (Å²) in [5.41, 5.74) is 0.875. The van der Waals surface area contributed by atoms with Gasteiger partial charge in [0.25, 0.3) is 0 Å². The minimum absolute atomic E-state index is 0.246. The molecular weight excluding hydrogens is 366 g/mol. The number of nitrogens with one attached hydrogen (secondary N) is 1. The Morgan fingerprint density at radius 1 is 1.24 bits per heavy atom. The zero-order valence-corrected chi connectivity index (χ0v) is 15.8. The van der Waals surface area contributed by atoms with Gasteiger partial charge in [0, 0.05) is 30.8 Å². The highest BCUT2D eigenvalue weighted by Gasteiger charge is 2.50. The van der Waals surface area contributed by atoms with Gasteiger partial charge in [-0.25, -0.2) is 4.18 Å². The number of benzene rings is 1. The summed E-state index contributed by atoms with van der Waals surface area (Å²) in [4.78, 5) is 0. The van der Waals surface area contributed by atoms with Gasteiger partial charge in [-0.05, 0) is 24.5 Å². The van der Waals surface area contributed by atoms with Gasteiger partial charge in [-0.1, -0.05) is 43.1 Å². The second-order valence-electron chi connectivity index (χ2n) is 6.46. The van der Waals surface area contributed by atoms with Gasteiger partial charge in [-0.15, -0.1) is 0 Å². The van der Waals surface area contributed by atoms with Crippen molar-refractivity contribution in [2.24, 2.45) is 0 Å². The summed E-state index contributed by atoms with van der Waals surface area (Å²) in [7, 11) is -3.89. The van der Waals surface area contributed by atoms with E-state index in [2.05, 4.69) is 4.72 Å². The van der Waals surface area contributed by atoms with Crippen LogP contribution in [-0.4, -0.2) is 33.1 Å². The quantitative estimate of drug-likeness (QED) is 0.808. The standard InChI is InChI=1S/C17H24ClNO5S/c1-2-19-25(20,21)24-16-15(12-13-8-4-5-9-14(13)18)22-17(23-16)10-6-3-7-11-17/h4-5,8-9,15-16,19H,2-3,6-7,10-12H2,1H3. The molecule has 0 aromatic heterocycles. The lowest BCUT2D eigenvalue weighted by Gasteiger charge is -2.31. The van der Waals surface area contributed by atoms with E-state index < -0.39 is 28.5 Å². The van der Waals surface area contributed by atoms with E-state index in [0.29, 0.717) is 11.4 Å². The number of halogens is 1. The first-order valence-electron chi connectivity index (χ1n) is 8.70. The van der Waals surface area contributed by atoms with Crippen LogP contribution in [0.4, 0.5) is 0 Å². The third-order valence-electron chi connectivity index (χ3n) is 4.54. The third kappa shape index (κ3) is 4.72. The summed E-state index contributed by atoms with van der Waals surface area (Å²) in [6, 6.07) is 7.43. The topological polar surface area (TPSA) is 73.9 Å². The Kier molecular flexibility index (Phi) is 6.03. The number of ether oxygens (including phenoxy) is 2. The Labute approximate surface area is 154 Å². The van der Waals surface area contributed by atoms with Crippen LogP contribution in [0.3, 0.4) is 0 Å². The van der Waals surface area contributed by atoms with Gasteiger partial charge in [-0.3, -0.25) is 0 Å². The maximum Gasteiger partial charge on any atom is 0.338 e. The first kappa shape index (κ1) is 19.1. The third-order valence-corrected chi connectivity index (χ3v) is 5.99. The fourth-order valence-electron chi connectivity index (χ4n) is 3.41. The second-order valence-corrected chi connectivity index (χ2v) is 8.25.